The minimum Gasteiger partial charge on any atom is -0.488 e. The van der Waals surface area contributed by atoms with E-state index < -0.39 is 11.9 Å². The largest absolute Gasteiger partial charge is 0.488 e. The molecule has 1 aliphatic rings. The molecule has 0 fully saturated rings. The first-order valence-electron chi connectivity index (χ1n) is 9.20. The van der Waals surface area contributed by atoms with Crippen LogP contribution in [0.1, 0.15) is 57.1 Å². The molecule has 0 bridgehead atoms. The average molecular weight is 385 g/mol. The number of ketones is 1. The summed E-state index contributed by atoms with van der Waals surface area (Å²) < 4.78 is 17.7. The number of hydrogen-bond acceptors (Lipinski definition) is 6. The molecule has 0 spiro atoms. The van der Waals surface area contributed by atoms with Crippen molar-refractivity contribution in [3.8, 4) is 5.75 Å². The topological polar surface area (TPSA) is 83.8 Å². The van der Waals surface area contributed by atoms with Crippen LogP contribution >= 0.6 is 0 Å². The van der Waals surface area contributed by atoms with Crippen LogP contribution in [0.4, 0.5) is 0 Å². The van der Waals surface area contributed by atoms with Crippen LogP contribution in [0.25, 0.3) is 0 Å². The fourth-order valence-electron chi connectivity index (χ4n) is 3.44. The summed E-state index contributed by atoms with van der Waals surface area (Å²) in [6.45, 7) is 5.75. The lowest BCUT2D eigenvalue weighted by Crippen LogP contribution is -2.16. The molecule has 28 heavy (non-hydrogen) atoms. The Balaban J connectivity index is 2.17. The van der Waals surface area contributed by atoms with Gasteiger partial charge in [-0.25, -0.2) is 4.79 Å². The highest BCUT2D eigenvalue weighted by Crippen LogP contribution is 2.34. The number of carbonyl (C=O) groups is 3. The zero-order chi connectivity index (χ0) is 20.4. The summed E-state index contributed by atoms with van der Waals surface area (Å²) in [6, 6.07) is 5.34. The number of carbonyl (C=O) groups excluding carboxylic acids is 3. The van der Waals surface area contributed by atoms with Crippen LogP contribution in [-0.2, 0) is 34.3 Å². The van der Waals surface area contributed by atoms with Gasteiger partial charge in [-0.3, -0.25) is 9.59 Å². The summed E-state index contributed by atoms with van der Waals surface area (Å²) in [7, 11) is 1.66. The molecule has 1 aromatic heterocycles. The molecule has 7 nitrogen and oxygen atoms in total. The second-order valence-corrected chi connectivity index (χ2v) is 6.53. The maximum Gasteiger partial charge on any atom is 0.340 e. The van der Waals surface area contributed by atoms with E-state index >= 15 is 0 Å². The first kappa shape index (κ1) is 19.7. The number of fused-ring (bicyclic) bond motifs is 2. The predicted octanol–water partition coefficient (Wildman–Crippen LogP) is 2.74. The van der Waals surface area contributed by atoms with Crippen LogP contribution in [0.3, 0.4) is 0 Å². The average Bonchev–Trinajstić information content (AvgIpc) is 2.82. The summed E-state index contributed by atoms with van der Waals surface area (Å²) in [5.74, 6) is -0.848. The van der Waals surface area contributed by atoms with E-state index in [0.29, 0.717) is 28.3 Å². The SMILES string of the molecule is CCOC(=O)Cc1c(C(=O)OCC)c2c(n1C)C(=O)c1ccc(C)cc1OC2. The highest BCUT2D eigenvalue weighted by atomic mass is 16.5. The van der Waals surface area contributed by atoms with E-state index in [1.807, 2.05) is 13.0 Å². The lowest BCUT2D eigenvalue weighted by atomic mass is 10.0. The third-order valence-corrected chi connectivity index (χ3v) is 4.68. The molecule has 2 heterocycles. The quantitative estimate of drug-likeness (QED) is 0.736. The van der Waals surface area contributed by atoms with E-state index in [-0.39, 0.29) is 37.6 Å². The third-order valence-electron chi connectivity index (χ3n) is 4.68. The van der Waals surface area contributed by atoms with Gasteiger partial charge in [-0.05, 0) is 38.5 Å². The van der Waals surface area contributed by atoms with Gasteiger partial charge >= 0.3 is 11.9 Å². The van der Waals surface area contributed by atoms with Gasteiger partial charge in [0.25, 0.3) is 0 Å². The molecule has 0 unspecified atom stereocenters. The number of aromatic nitrogens is 1. The molecule has 0 aliphatic carbocycles. The predicted molar refractivity (Wildman–Crippen MR) is 101 cm³/mol. The Morgan fingerprint density at radius 3 is 2.57 bits per heavy atom. The molecular formula is C21H23NO6. The lowest BCUT2D eigenvalue weighted by molar-refractivity contribution is -0.142. The molecular weight excluding hydrogens is 362 g/mol. The smallest absolute Gasteiger partial charge is 0.340 e. The van der Waals surface area contributed by atoms with E-state index in [1.165, 1.54) is 0 Å². The van der Waals surface area contributed by atoms with Gasteiger partial charge in [0.1, 0.15) is 12.4 Å². The normalized spacial score (nSPS) is 12.5. The van der Waals surface area contributed by atoms with Crippen LogP contribution in [-0.4, -0.2) is 35.5 Å². The molecule has 0 N–H and O–H groups in total. The van der Waals surface area contributed by atoms with Gasteiger partial charge in [-0.2, -0.15) is 0 Å². The van der Waals surface area contributed by atoms with Gasteiger partial charge in [0.15, 0.2) is 0 Å². The molecule has 3 rings (SSSR count). The van der Waals surface area contributed by atoms with Crippen molar-refractivity contribution in [3.05, 3.63) is 51.8 Å². The molecule has 0 saturated carbocycles. The van der Waals surface area contributed by atoms with Gasteiger partial charge in [-0.15, -0.1) is 0 Å². The molecule has 7 heteroatoms. The summed E-state index contributed by atoms with van der Waals surface area (Å²) in [5.41, 5.74) is 2.72. The van der Waals surface area contributed by atoms with Gasteiger partial charge in [-0.1, -0.05) is 6.07 Å². The summed E-state index contributed by atoms with van der Waals surface area (Å²) in [5, 5.41) is 0. The van der Waals surface area contributed by atoms with Crippen molar-refractivity contribution in [2.24, 2.45) is 7.05 Å². The van der Waals surface area contributed by atoms with E-state index in [1.54, 1.807) is 37.6 Å². The molecule has 0 saturated heterocycles. The maximum absolute atomic E-state index is 13.2. The minimum atomic E-state index is -0.586. The lowest BCUT2D eigenvalue weighted by Gasteiger charge is -2.11. The standard InChI is InChI=1S/C21H23NO6/c1-5-26-17(23)10-15-18(21(25)27-6-2)14-11-28-16-9-12(3)7-8-13(16)20(24)19(14)22(15)4/h7-9H,5-6,10-11H2,1-4H3. The Bertz CT molecular complexity index is 956. The van der Waals surface area contributed by atoms with Crippen molar-refractivity contribution in [2.75, 3.05) is 13.2 Å². The zero-order valence-corrected chi connectivity index (χ0v) is 16.5. The fraction of sp³-hybridized carbons (Fsp3) is 0.381. The maximum atomic E-state index is 13.2. The van der Waals surface area contributed by atoms with Gasteiger partial charge < -0.3 is 18.8 Å². The zero-order valence-electron chi connectivity index (χ0n) is 16.5. The molecule has 2 aromatic rings. The second-order valence-electron chi connectivity index (χ2n) is 6.53. The minimum absolute atomic E-state index is 0.0301. The summed E-state index contributed by atoms with van der Waals surface area (Å²) >= 11 is 0. The molecule has 0 radical (unpaired) electrons. The number of aryl methyl sites for hydroxylation is 1. The Hall–Kier alpha value is -3.09. The van der Waals surface area contributed by atoms with Crippen molar-refractivity contribution in [1.82, 2.24) is 4.57 Å². The molecule has 148 valence electrons. The number of benzene rings is 1. The third kappa shape index (κ3) is 3.40. The first-order valence-corrected chi connectivity index (χ1v) is 9.20. The summed E-state index contributed by atoms with van der Waals surface area (Å²) in [6.07, 6.45) is -0.139. The van der Waals surface area contributed by atoms with Crippen LogP contribution in [0.15, 0.2) is 18.2 Å². The van der Waals surface area contributed by atoms with E-state index in [4.69, 9.17) is 14.2 Å². The monoisotopic (exact) mass is 385 g/mol. The van der Waals surface area contributed by atoms with Crippen molar-refractivity contribution in [2.45, 2.75) is 33.8 Å². The second kappa shape index (κ2) is 7.88. The number of nitrogens with zero attached hydrogens (tertiary/aromatic N) is 1. The Labute approximate surface area is 163 Å². The number of hydrogen-bond donors (Lipinski definition) is 0. The van der Waals surface area contributed by atoms with Crippen molar-refractivity contribution in [1.29, 1.82) is 0 Å². The number of rotatable bonds is 5. The van der Waals surface area contributed by atoms with Crippen LogP contribution in [0, 0.1) is 6.92 Å². The van der Waals surface area contributed by atoms with E-state index in [0.717, 1.165) is 5.56 Å². The highest BCUT2D eigenvalue weighted by Gasteiger charge is 2.34. The first-order chi connectivity index (χ1) is 13.4. The van der Waals surface area contributed by atoms with Crippen molar-refractivity contribution < 1.29 is 28.6 Å². The molecule has 1 aliphatic heterocycles. The fourth-order valence-corrected chi connectivity index (χ4v) is 3.44. The Kier molecular flexibility index (Phi) is 5.53. The molecule has 0 atom stereocenters. The number of ether oxygens (including phenoxy) is 3. The van der Waals surface area contributed by atoms with Gasteiger partial charge in [0, 0.05) is 18.3 Å². The molecule has 1 aromatic carbocycles. The van der Waals surface area contributed by atoms with Crippen LogP contribution < -0.4 is 4.74 Å². The Morgan fingerprint density at radius 2 is 1.89 bits per heavy atom. The van der Waals surface area contributed by atoms with E-state index in [2.05, 4.69) is 0 Å². The van der Waals surface area contributed by atoms with Crippen molar-refractivity contribution in [3.63, 3.8) is 0 Å². The van der Waals surface area contributed by atoms with Gasteiger partial charge in [0.2, 0.25) is 5.78 Å². The van der Waals surface area contributed by atoms with Crippen LogP contribution in [0.2, 0.25) is 0 Å². The van der Waals surface area contributed by atoms with Crippen LogP contribution in [0.5, 0.6) is 5.75 Å². The number of esters is 2. The van der Waals surface area contributed by atoms with E-state index in [9.17, 15) is 14.4 Å². The summed E-state index contributed by atoms with van der Waals surface area (Å²) in [4.78, 5) is 38.0. The van der Waals surface area contributed by atoms with Gasteiger partial charge in [0.05, 0.1) is 36.5 Å². The Morgan fingerprint density at radius 1 is 1.18 bits per heavy atom. The van der Waals surface area contributed by atoms with Crippen molar-refractivity contribution >= 4 is 17.7 Å². The molecule has 0 amide bonds. The highest BCUT2D eigenvalue weighted by molar-refractivity contribution is 6.13.